The molecular formula is C15H17Cl2N3O2. The maximum atomic E-state index is 12.3. The van der Waals surface area contributed by atoms with Crippen molar-refractivity contribution in [2.75, 3.05) is 11.9 Å². The number of halogens is 2. The molecule has 1 heterocycles. The minimum atomic E-state index is -0.409. The second kappa shape index (κ2) is 7.63. The molecule has 1 aromatic heterocycles. The minimum Gasteiger partial charge on any atom is -0.396 e. The van der Waals surface area contributed by atoms with Gasteiger partial charge in [-0.2, -0.15) is 9.78 Å². The third kappa shape index (κ3) is 3.80. The van der Waals surface area contributed by atoms with Crippen molar-refractivity contribution in [2.45, 2.75) is 25.8 Å². The van der Waals surface area contributed by atoms with E-state index in [9.17, 15) is 4.79 Å². The lowest BCUT2D eigenvalue weighted by molar-refractivity contribution is 0.278. The molecule has 1 unspecified atom stereocenters. The Morgan fingerprint density at radius 1 is 1.32 bits per heavy atom. The number of rotatable bonds is 6. The van der Waals surface area contributed by atoms with Gasteiger partial charge in [0.1, 0.15) is 5.02 Å². The lowest BCUT2D eigenvalue weighted by Crippen LogP contribution is -2.26. The lowest BCUT2D eigenvalue weighted by Gasteiger charge is -2.18. The van der Waals surface area contributed by atoms with Gasteiger partial charge >= 0.3 is 0 Å². The molecule has 5 nitrogen and oxygen atoms in total. The molecule has 0 amide bonds. The van der Waals surface area contributed by atoms with Crippen LogP contribution in [0.3, 0.4) is 0 Å². The van der Waals surface area contributed by atoms with Gasteiger partial charge < -0.3 is 10.4 Å². The molecule has 0 aliphatic carbocycles. The van der Waals surface area contributed by atoms with Gasteiger partial charge in [-0.05, 0) is 37.1 Å². The Bertz CT molecular complexity index is 686. The Hall–Kier alpha value is -1.56. The van der Waals surface area contributed by atoms with Gasteiger partial charge in [0.15, 0.2) is 0 Å². The predicted molar refractivity (Wildman–Crippen MR) is 89.3 cm³/mol. The molecule has 0 fully saturated rings. The molecule has 0 saturated heterocycles. The van der Waals surface area contributed by atoms with Crippen LogP contribution < -0.4 is 10.9 Å². The van der Waals surface area contributed by atoms with E-state index < -0.39 is 5.56 Å². The van der Waals surface area contributed by atoms with E-state index in [0.717, 1.165) is 6.42 Å². The first-order valence-electron chi connectivity index (χ1n) is 6.98. The summed E-state index contributed by atoms with van der Waals surface area (Å²) in [5.41, 5.74) is 0.648. The molecule has 2 aromatic rings. The molecule has 0 radical (unpaired) electrons. The van der Waals surface area contributed by atoms with Gasteiger partial charge in [-0.1, -0.05) is 30.1 Å². The highest BCUT2D eigenvalue weighted by atomic mass is 35.5. The first-order valence-corrected chi connectivity index (χ1v) is 7.73. The average Bonchev–Trinajstić information content (AvgIpc) is 2.52. The lowest BCUT2D eigenvalue weighted by atomic mass is 10.1. The van der Waals surface area contributed by atoms with Gasteiger partial charge in [-0.15, -0.1) is 0 Å². The van der Waals surface area contributed by atoms with Gasteiger partial charge in [-0.3, -0.25) is 4.79 Å². The van der Waals surface area contributed by atoms with E-state index in [1.807, 2.05) is 6.92 Å². The van der Waals surface area contributed by atoms with E-state index in [1.165, 1.54) is 10.9 Å². The fraction of sp³-hybridized carbons (Fsp3) is 0.333. The van der Waals surface area contributed by atoms with Crippen LogP contribution in [-0.4, -0.2) is 27.5 Å². The van der Waals surface area contributed by atoms with E-state index in [-0.39, 0.29) is 17.7 Å². The largest absolute Gasteiger partial charge is 0.396 e. The number of nitrogens with one attached hydrogen (secondary N) is 1. The number of aliphatic hydroxyl groups is 1. The summed E-state index contributed by atoms with van der Waals surface area (Å²) in [6.45, 7) is 2.06. The number of hydrogen-bond donors (Lipinski definition) is 2. The summed E-state index contributed by atoms with van der Waals surface area (Å²) < 4.78 is 1.22. The van der Waals surface area contributed by atoms with Crippen LogP contribution in [0.1, 0.15) is 19.8 Å². The van der Waals surface area contributed by atoms with Gasteiger partial charge in [0.2, 0.25) is 0 Å². The Morgan fingerprint density at radius 3 is 2.59 bits per heavy atom. The standard InChI is InChI=1S/C15H17Cl2N3O2/c1-2-11(7-8-21)19-13-9-18-20(15(22)14(13)17)12-5-3-10(16)4-6-12/h3-6,9,11,19,21H,2,7-8H2,1H3. The molecule has 7 heteroatoms. The summed E-state index contributed by atoms with van der Waals surface area (Å²) in [7, 11) is 0. The number of hydrogen-bond acceptors (Lipinski definition) is 4. The summed E-state index contributed by atoms with van der Waals surface area (Å²) in [6.07, 6.45) is 2.89. The summed E-state index contributed by atoms with van der Waals surface area (Å²) in [4.78, 5) is 12.3. The molecule has 0 aliphatic heterocycles. The number of aromatic nitrogens is 2. The fourth-order valence-corrected chi connectivity index (χ4v) is 2.36. The van der Waals surface area contributed by atoms with Crippen LogP contribution >= 0.6 is 23.2 Å². The summed E-state index contributed by atoms with van der Waals surface area (Å²) in [5, 5.41) is 16.9. The van der Waals surface area contributed by atoms with Crippen molar-refractivity contribution >= 4 is 28.9 Å². The molecule has 0 saturated carbocycles. The van der Waals surface area contributed by atoms with Crippen molar-refractivity contribution < 1.29 is 5.11 Å². The number of nitrogens with zero attached hydrogens (tertiary/aromatic N) is 2. The maximum Gasteiger partial charge on any atom is 0.292 e. The molecule has 2 N–H and O–H groups in total. The molecular weight excluding hydrogens is 325 g/mol. The van der Waals surface area contributed by atoms with Gasteiger partial charge in [0, 0.05) is 17.7 Å². The van der Waals surface area contributed by atoms with Gasteiger partial charge in [-0.25, -0.2) is 0 Å². The van der Waals surface area contributed by atoms with Crippen molar-refractivity contribution in [3.8, 4) is 5.69 Å². The van der Waals surface area contributed by atoms with E-state index in [0.29, 0.717) is 22.8 Å². The average molecular weight is 342 g/mol. The van der Waals surface area contributed by atoms with Crippen molar-refractivity contribution in [3.05, 3.63) is 50.9 Å². The highest BCUT2D eigenvalue weighted by Crippen LogP contribution is 2.19. The van der Waals surface area contributed by atoms with Crippen molar-refractivity contribution in [3.63, 3.8) is 0 Å². The van der Waals surface area contributed by atoms with E-state index in [1.54, 1.807) is 24.3 Å². The zero-order valence-electron chi connectivity index (χ0n) is 12.1. The van der Waals surface area contributed by atoms with E-state index in [2.05, 4.69) is 10.4 Å². The zero-order valence-corrected chi connectivity index (χ0v) is 13.6. The molecule has 0 spiro atoms. The minimum absolute atomic E-state index is 0.0371. The SMILES string of the molecule is CCC(CCO)Nc1cnn(-c2ccc(Cl)cc2)c(=O)c1Cl. The number of aliphatic hydroxyl groups excluding tert-OH is 1. The summed E-state index contributed by atoms with van der Waals surface area (Å²) in [6, 6.07) is 6.79. The fourth-order valence-electron chi connectivity index (χ4n) is 2.05. The third-order valence-corrected chi connectivity index (χ3v) is 3.94. The molecule has 22 heavy (non-hydrogen) atoms. The van der Waals surface area contributed by atoms with Crippen molar-refractivity contribution in [2.24, 2.45) is 0 Å². The van der Waals surface area contributed by atoms with Crippen LogP contribution in [0.15, 0.2) is 35.3 Å². The molecule has 0 bridgehead atoms. The van der Waals surface area contributed by atoms with Crippen LogP contribution in [0.25, 0.3) is 5.69 Å². The quantitative estimate of drug-likeness (QED) is 0.847. The Balaban J connectivity index is 2.32. The molecule has 1 atom stereocenters. The molecule has 2 rings (SSSR count). The monoisotopic (exact) mass is 341 g/mol. The van der Waals surface area contributed by atoms with Crippen LogP contribution in [-0.2, 0) is 0 Å². The second-order valence-corrected chi connectivity index (χ2v) is 5.64. The summed E-state index contributed by atoms with van der Waals surface area (Å²) >= 11 is 12.0. The van der Waals surface area contributed by atoms with Crippen molar-refractivity contribution in [1.29, 1.82) is 0 Å². The molecule has 118 valence electrons. The molecule has 0 aliphatic rings. The topological polar surface area (TPSA) is 67.2 Å². The van der Waals surface area contributed by atoms with Crippen LogP contribution in [0.2, 0.25) is 10.0 Å². The Kier molecular flexibility index (Phi) is 5.83. The summed E-state index contributed by atoms with van der Waals surface area (Å²) in [5.74, 6) is 0. The second-order valence-electron chi connectivity index (χ2n) is 4.83. The maximum absolute atomic E-state index is 12.3. The first kappa shape index (κ1) is 16.8. The normalized spacial score (nSPS) is 12.2. The smallest absolute Gasteiger partial charge is 0.292 e. The van der Waals surface area contributed by atoms with Gasteiger partial charge in [0.25, 0.3) is 5.56 Å². The van der Waals surface area contributed by atoms with Crippen LogP contribution in [0.5, 0.6) is 0 Å². The Labute approximate surface area is 138 Å². The predicted octanol–water partition coefficient (Wildman–Crippen LogP) is 3.11. The zero-order chi connectivity index (χ0) is 16.1. The number of benzene rings is 1. The van der Waals surface area contributed by atoms with E-state index in [4.69, 9.17) is 28.3 Å². The van der Waals surface area contributed by atoms with Crippen LogP contribution in [0, 0.1) is 0 Å². The van der Waals surface area contributed by atoms with Gasteiger partial charge in [0.05, 0.1) is 17.6 Å². The van der Waals surface area contributed by atoms with E-state index >= 15 is 0 Å². The third-order valence-electron chi connectivity index (χ3n) is 3.32. The van der Waals surface area contributed by atoms with Crippen LogP contribution in [0.4, 0.5) is 5.69 Å². The van der Waals surface area contributed by atoms with Crippen molar-refractivity contribution in [1.82, 2.24) is 9.78 Å². The highest BCUT2D eigenvalue weighted by molar-refractivity contribution is 6.33. The Morgan fingerprint density at radius 2 is 2.00 bits per heavy atom. The first-order chi connectivity index (χ1) is 10.6. The molecule has 1 aromatic carbocycles. The highest BCUT2D eigenvalue weighted by Gasteiger charge is 2.13. The number of anilines is 1.